The first-order valence-electron chi connectivity index (χ1n) is 19.2. The van der Waals surface area contributed by atoms with E-state index in [-0.39, 0.29) is 37.8 Å². The van der Waals surface area contributed by atoms with Crippen molar-refractivity contribution >= 4 is 51.6 Å². The number of rotatable bonds is 12. The summed E-state index contributed by atoms with van der Waals surface area (Å²) in [6, 6.07) is 33.7. The highest BCUT2D eigenvalue weighted by atomic mass is 32.2. The van der Waals surface area contributed by atoms with Gasteiger partial charge in [-0.2, -0.15) is 18.6 Å². The lowest BCUT2D eigenvalue weighted by Crippen LogP contribution is -2.10. The van der Waals surface area contributed by atoms with Crippen LogP contribution in [-0.4, -0.2) is 86.1 Å². The maximum Gasteiger partial charge on any atom is 0.296 e. The first-order chi connectivity index (χ1) is 28.9. The topological polar surface area (TPSA) is 216 Å². The first kappa shape index (κ1) is 45.8. The number of sulfone groups is 2. The Hall–Kier alpha value is -5.27. The quantitative estimate of drug-likeness (QED) is 0.101. The van der Waals surface area contributed by atoms with Crippen molar-refractivity contribution in [1.29, 1.82) is 0 Å². The fourth-order valence-corrected chi connectivity index (χ4v) is 9.85. The molecule has 0 unspecified atom stereocenters. The number of benzene rings is 5. The summed E-state index contributed by atoms with van der Waals surface area (Å²) in [5.41, 5.74) is 8.34. The SMILES string of the molecule is C1CCOC1.CN.CNCCc1cccc2c(S(=O)(=O)c3ccccc3)[nH]nc12.Cc1ccc(S(=O)(=O)OCCc2cccc3c(S(=O)(=O)c4ccccc4)[nH]nc23)cc1. The third-order valence-electron chi connectivity index (χ3n) is 9.30. The van der Waals surface area contributed by atoms with Crippen LogP contribution in [0.2, 0.25) is 0 Å². The number of H-pyrrole nitrogens is 2. The summed E-state index contributed by atoms with van der Waals surface area (Å²) >= 11 is 0. The molecule has 0 bridgehead atoms. The van der Waals surface area contributed by atoms with E-state index in [1.165, 1.54) is 44.2 Å². The fraction of sp³-hybridized carbons (Fsp3) is 0.256. The molecule has 0 spiro atoms. The molecule has 60 heavy (non-hydrogen) atoms. The van der Waals surface area contributed by atoms with Gasteiger partial charge in [0, 0.05) is 24.0 Å². The van der Waals surface area contributed by atoms with Crippen molar-refractivity contribution in [2.24, 2.45) is 5.73 Å². The lowest BCUT2D eigenvalue weighted by molar-refractivity contribution is 0.198. The highest BCUT2D eigenvalue weighted by Crippen LogP contribution is 2.29. The number of para-hydroxylation sites is 2. The number of hydrogen-bond donors (Lipinski definition) is 4. The van der Waals surface area contributed by atoms with E-state index in [1.807, 2.05) is 26.1 Å². The molecule has 8 rings (SSSR count). The monoisotopic (exact) mass is 874 g/mol. The molecular formula is C43H50N6O8S3. The van der Waals surface area contributed by atoms with Gasteiger partial charge in [0.05, 0.1) is 32.3 Å². The summed E-state index contributed by atoms with van der Waals surface area (Å²) < 4.78 is 86.3. The lowest BCUT2D eigenvalue weighted by Gasteiger charge is -2.07. The number of nitrogens with zero attached hydrogens (tertiary/aromatic N) is 2. The molecule has 318 valence electrons. The molecule has 0 atom stereocenters. The largest absolute Gasteiger partial charge is 0.381 e. The van der Waals surface area contributed by atoms with Crippen LogP contribution in [0.15, 0.2) is 146 Å². The van der Waals surface area contributed by atoms with Crippen molar-refractivity contribution in [3.05, 3.63) is 138 Å². The summed E-state index contributed by atoms with van der Waals surface area (Å²) in [6.45, 7) is 4.59. The van der Waals surface area contributed by atoms with Crippen molar-refractivity contribution in [3.8, 4) is 0 Å². The number of aryl methyl sites for hydroxylation is 1. The van der Waals surface area contributed by atoms with Crippen LogP contribution >= 0.6 is 0 Å². The van der Waals surface area contributed by atoms with Crippen molar-refractivity contribution in [1.82, 2.24) is 25.7 Å². The van der Waals surface area contributed by atoms with Gasteiger partial charge >= 0.3 is 0 Å². The molecule has 0 amide bonds. The van der Waals surface area contributed by atoms with E-state index in [9.17, 15) is 25.3 Å². The minimum atomic E-state index is -3.88. The Bertz CT molecular complexity index is 2770. The van der Waals surface area contributed by atoms with Crippen LogP contribution in [0, 0.1) is 6.92 Å². The summed E-state index contributed by atoms with van der Waals surface area (Å²) in [4.78, 5) is 0.520. The van der Waals surface area contributed by atoms with Crippen LogP contribution in [0.25, 0.3) is 21.8 Å². The maximum atomic E-state index is 13.0. The van der Waals surface area contributed by atoms with Gasteiger partial charge < -0.3 is 15.8 Å². The molecule has 3 heterocycles. The molecule has 1 saturated heterocycles. The van der Waals surface area contributed by atoms with Gasteiger partial charge in [-0.1, -0.05) is 78.4 Å². The van der Waals surface area contributed by atoms with Crippen molar-refractivity contribution in [2.45, 2.75) is 57.3 Å². The van der Waals surface area contributed by atoms with Crippen molar-refractivity contribution < 1.29 is 34.2 Å². The van der Waals surface area contributed by atoms with Gasteiger partial charge in [-0.3, -0.25) is 14.4 Å². The number of aromatic amines is 2. The van der Waals surface area contributed by atoms with Crippen LogP contribution < -0.4 is 11.1 Å². The van der Waals surface area contributed by atoms with Crippen molar-refractivity contribution in [2.75, 3.05) is 40.5 Å². The molecule has 1 aliphatic heterocycles. The molecule has 1 aliphatic rings. The second-order valence-corrected chi connectivity index (χ2v) is 18.8. The maximum absolute atomic E-state index is 13.0. The van der Waals surface area contributed by atoms with Gasteiger partial charge in [0.25, 0.3) is 10.1 Å². The second kappa shape index (κ2) is 21.3. The highest BCUT2D eigenvalue weighted by molar-refractivity contribution is 7.92. The minimum absolute atomic E-state index is 0.00347. The molecule has 2 aromatic heterocycles. The Balaban J connectivity index is 0.000000204. The zero-order valence-electron chi connectivity index (χ0n) is 33.7. The number of likely N-dealkylation sites (N-methyl/N-ethyl adjacent to an activating group) is 1. The smallest absolute Gasteiger partial charge is 0.296 e. The lowest BCUT2D eigenvalue weighted by atomic mass is 10.1. The predicted molar refractivity (Wildman–Crippen MR) is 232 cm³/mol. The van der Waals surface area contributed by atoms with Crippen LogP contribution in [0.5, 0.6) is 0 Å². The number of fused-ring (bicyclic) bond motifs is 2. The molecule has 1 fully saturated rings. The average Bonchev–Trinajstić information content (AvgIpc) is 4.08. The molecule has 5 N–H and O–H groups in total. The number of ether oxygens (including phenoxy) is 1. The number of nitrogens with two attached hydrogens (primary N) is 1. The van der Waals surface area contributed by atoms with E-state index in [0.717, 1.165) is 37.3 Å². The summed E-state index contributed by atoms with van der Waals surface area (Å²) in [7, 11) is -7.85. The zero-order valence-corrected chi connectivity index (χ0v) is 36.1. The molecule has 17 heteroatoms. The molecule has 0 saturated carbocycles. The Morgan fingerprint density at radius 3 is 1.52 bits per heavy atom. The molecule has 7 aromatic rings. The van der Waals surface area contributed by atoms with Gasteiger partial charge in [0.15, 0.2) is 10.1 Å². The van der Waals surface area contributed by atoms with Crippen LogP contribution in [0.1, 0.15) is 29.5 Å². The molecule has 0 aliphatic carbocycles. The van der Waals surface area contributed by atoms with Gasteiger partial charge in [-0.25, -0.2) is 16.8 Å². The Morgan fingerprint density at radius 1 is 0.617 bits per heavy atom. The van der Waals surface area contributed by atoms with Gasteiger partial charge in [0.2, 0.25) is 19.7 Å². The third-order valence-corrected chi connectivity index (χ3v) is 14.1. The first-order valence-corrected chi connectivity index (χ1v) is 23.6. The normalized spacial score (nSPS) is 12.8. The summed E-state index contributed by atoms with van der Waals surface area (Å²) in [6.07, 6.45) is 3.60. The standard InChI is InChI=1S/C22H20N2O5S2.C16H17N3O2S.C4H8O.CH5N/c1-16-10-12-19(13-11-16)31(27,28)29-15-14-17-6-5-9-20-21(17)23-24-22(20)30(25,26)18-7-3-2-4-8-18;1-17-11-10-12-6-5-9-14-15(12)18-19-16(14)22(20,21)13-7-3-2-4-8-13;1-2-4-5-3-1;1-2/h2-13H,14-15H2,1H3,(H,23,24);2-9,17H,10-11H2,1H3,(H,18,19);1-4H2;2H2,1H3. The Kier molecular flexibility index (Phi) is 16.3. The van der Waals surface area contributed by atoms with Gasteiger partial charge in [-0.15, -0.1) is 0 Å². The summed E-state index contributed by atoms with van der Waals surface area (Å²) in [5, 5.41) is 18.1. The zero-order chi connectivity index (χ0) is 43.2. The average molecular weight is 875 g/mol. The molecule has 0 radical (unpaired) electrons. The van der Waals surface area contributed by atoms with Crippen LogP contribution in [0.3, 0.4) is 0 Å². The number of hydrogen-bond acceptors (Lipinski definition) is 12. The fourth-order valence-electron chi connectivity index (χ4n) is 6.20. The highest BCUT2D eigenvalue weighted by Gasteiger charge is 2.25. The van der Waals surface area contributed by atoms with Gasteiger partial charge in [0.1, 0.15) is 0 Å². The number of nitrogens with one attached hydrogen (secondary N) is 3. The van der Waals surface area contributed by atoms with Crippen LogP contribution in [-0.2, 0) is 51.6 Å². The second-order valence-electron chi connectivity index (χ2n) is 13.4. The minimum Gasteiger partial charge on any atom is -0.381 e. The van der Waals surface area contributed by atoms with Crippen molar-refractivity contribution in [3.63, 3.8) is 0 Å². The predicted octanol–water partition coefficient (Wildman–Crippen LogP) is 6.18. The molecule has 5 aromatic carbocycles. The van der Waals surface area contributed by atoms with E-state index >= 15 is 0 Å². The number of aromatic nitrogens is 4. The van der Waals surface area contributed by atoms with E-state index in [0.29, 0.717) is 27.4 Å². The van der Waals surface area contributed by atoms with Crippen LogP contribution in [0.4, 0.5) is 0 Å². The summed E-state index contributed by atoms with van der Waals surface area (Å²) in [5.74, 6) is 0. The third kappa shape index (κ3) is 11.1. The Labute approximate surface area is 351 Å². The Morgan fingerprint density at radius 2 is 1.08 bits per heavy atom. The van der Waals surface area contributed by atoms with E-state index < -0.39 is 29.8 Å². The van der Waals surface area contributed by atoms with Gasteiger partial charge in [-0.05, 0) is 113 Å². The van der Waals surface area contributed by atoms with E-state index in [2.05, 4.69) is 31.4 Å². The molecular weight excluding hydrogens is 825 g/mol. The van der Waals surface area contributed by atoms with E-state index in [4.69, 9.17) is 8.92 Å². The molecule has 14 nitrogen and oxygen atoms in total. The van der Waals surface area contributed by atoms with E-state index in [1.54, 1.807) is 84.9 Å².